The second-order valence-corrected chi connectivity index (χ2v) is 5.99. The Morgan fingerprint density at radius 3 is 3.00 bits per heavy atom. The fraction of sp³-hybridized carbons (Fsp3) is 0.500. The van der Waals surface area contributed by atoms with Crippen LogP contribution in [0.3, 0.4) is 0 Å². The van der Waals surface area contributed by atoms with Gasteiger partial charge in [-0.3, -0.25) is 0 Å². The maximum atomic E-state index is 4.49. The van der Waals surface area contributed by atoms with E-state index in [0.29, 0.717) is 0 Å². The van der Waals surface area contributed by atoms with Crippen LogP contribution in [0.1, 0.15) is 30.7 Å². The third-order valence-corrected chi connectivity index (χ3v) is 4.39. The largest absolute Gasteiger partial charge is 0.316 e. The topological polar surface area (TPSA) is 55.6 Å². The van der Waals surface area contributed by atoms with Crippen molar-refractivity contribution in [3.05, 3.63) is 29.7 Å². The lowest BCUT2D eigenvalue weighted by atomic mass is 10.2. The van der Waals surface area contributed by atoms with Gasteiger partial charge in [-0.05, 0) is 43.3 Å². The van der Waals surface area contributed by atoms with Gasteiger partial charge in [-0.15, -0.1) is 10.2 Å². The number of fused-ring (bicyclic) bond motifs is 1. The Labute approximate surface area is 123 Å². The van der Waals surface area contributed by atoms with Crippen LogP contribution in [-0.4, -0.2) is 26.8 Å². The van der Waals surface area contributed by atoms with Gasteiger partial charge in [0.25, 0.3) is 0 Å². The zero-order valence-electron chi connectivity index (χ0n) is 11.7. The zero-order chi connectivity index (χ0) is 13.8. The first kappa shape index (κ1) is 13.6. The predicted molar refractivity (Wildman–Crippen MR) is 78.7 cm³/mol. The van der Waals surface area contributed by atoms with E-state index in [4.69, 9.17) is 0 Å². The van der Waals surface area contributed by atoms with Gasteiger partial charge in [-0.25, -0.2) is 4.98 Å². The molecule has 3 heterocycles. The summed E-state index contributed by atoms with van der Waals surface area (Å²) in [7, 11) is 1.94. The molecular weight excluding hydrogens is 270 g/mol. The molecule has 0 fully saturated rings. The second-order valence-electron chi connectivity index (χ2n) is 5.00. The minimum Gasteiger partial charge on any atom is -0.316 e. The summed E-state index contributed by atoms with van der Waals surface area (Å²) in [6.07, 6.45) is 6.68. The minimum absolute atomic E-state index is 0.846. The van der Waals surface area contributed by atoms with E-state index in [0.717, 1.165) is 35.5 Å². The first-order chi connectivity index (χ1) is 9.86. The normalized spacial score (nSPS) is 14.8. The lowest BCUT2D eigenvalue weighted by Gasteiger charge is -2.06. The molecule has 0 amide bonds. The van der Waals surface area contributed by atoms with Crippen molar-refractivity contribution < 1.29 is 0 Å². The summed E-state index contributed by atoms with van der Waals surface area (Å²) >= 11 is 1.60. The summed E-state index contributed by atoms with van der Waals surface area (Å²) in [6.45, 7) is 1.88. The van der Waals surface area contributed by atoms with E-state index in [1.165, 1.54) is 24.8 Å². The highest BCUT2D eigenvalue weighted by Crippen LogP contribution is 2.27. The van der Waals surface area contributed by atoms with Gasteiger partial charge in [0, 0.05) is 25.7 Å². The van der Waals surface area contributed by atoms with Gasteiger partial charge < -0.3 is 9.88 Å². The summed E-state index contributed by atoms with van der Waals surface area (Å²) < 4.78 is 2.25. The average molecular weight is 289 g/mol. The first-order valence-electron chi connectivity index (χ1n) is 7.06. The van der Waals surface area contributed by atoms with Crippen LogP contribution in [-0.2, 0) is 19.5 Å². The molecule has 0 bridgehead atoms. The van der Waals surface area contributed by atoms with E-state index < -0.39 is 0 Å². The fourth-order valence-corrected chi connectivity index (χ4v) is 3.22. The molecule has 1 aliphatic heterocycles. The average Bonchev–Trinajstić information content (AvgIpc) is 2.70. The van der Waals surface area contributed by atoms with E-state index in [1.807, 2.05) is 13.2 Å². The molecule has 0 saturated heterocycles. The predicted octanol–water partition coefficient (Wildman–Crippen LogP) is 2.27. The Morgan fingerprint density at radius 1 is 1.25 bits per heavy atom. The van der Waals surface area contributed by atoms with Crippen LogP contribution < -0.4 is 5.32 Å². The molecule has 2 aromatic rings. The highest BCUT2D eigenvalue weighted by molar-refractivity contribution is 7.99. The molecule has 0 aliphatic carbocycles. The van der Waals surface area contributed by atoms with Crippen molar-refractivity contribution in [1.82, 2.24) is 25.1 Å². The highest BCUT2D eigenvalue weighted by Gasteiger charge is 2.15. The smallest absolute Gasteiger partial charge is 0.197 e. The van der Waals surface area contributed by atoms with Crippen molar-refractivity contribution in [2.45, 2.75) is 49.0 Å². The molecule has 6 heteroatoms. The Balaban J connectivity index is 1.76. The second kappa shape index (κ2) is 6.37. The molecule has 3 rings (SSSR count). The monoisotopic (exact) mass is 289 g/mol. The van der Waals surface area contributed by atoms with Gasteiger partial charge in [0.2, 0.25) is 0 Å². The molecule has 20 heavy (non-hydrogen) atoms. The van der Waals surface area contributed by atoms with E-state index in [1.54, 1.807) is 11.8 Å². The van der Waals surface area contributed by atoms with Gasteiger partial charge in [0.15, 0.2) is 5.16 Å². The summed E-state index contributed by atoms with van der Waals surface area (Å²) in [6, 6.07) is 4.15. The number of hydrogen-bond acceptors (Lipinski definition) is 5. The molecule has 0 atom stereocenters. The maximum absolute atomic E-state index is 4.49. The minimum atomic E-state index is 0.846. The third-order valence-electron chi connectivity index (χ3n) is 3.45. The quantitative estimate of drug-likeness (QED) is 0.935. The molecule has 0 aromatic carbocycles. The number of nitrogens with zero attached hydrogens (tertiary/aromatic N) is 4. The first-order valence-corrected chi connectivity index (χ1v) is 7.88. The molecule has 0 saturated carbocycles. The van der Waals surface area contributed by atoms with E-state index in [-0.39, 0.29) is 0 Å². The van der Waals surface area contributed by atoms with Crippen molar-refractivity contribution in [2.75, 3.05) is 7.05 Å². The molecule has 0 radical (unpaired) electrons. The molecule has 2 aromatic heterocycles. The van der Waals surface area contributed by atoms with Crippen molar-refractivity contribution in [3.8, 4) is 0 Å². The van der Waals surface area contributed by atoms with Crippen LogP contribution in [0.2, 0.25) is 0 Å². The number of hydrogen-bond donors (Lipinski definition) is 1. The zero-order valence-corrected chi connectivity index (χ0v) is 12.5. The molecule has 0 unspecified atom stereocenters. The van der Waals surface area contributed by atoms with E-state index in [9.17, 15) is 0 Å². The van der Waals surface area contributed by atoms with Crippen molar-refractivity contribution in [3.63, 3.8) is 0 Å². The van der Waals surface area contributed by atoms with Crippen LogP contribution >= 0.6 is 11.8 Å². The molecule has 0 spiro atoms. The molecule has 5 nitrogen and oxygen atoms in total. The molecule has 106 valence electrons. The Hall–Kier alpha value is -1.40. The number of aryl methyl sites for hydroxylation is 1. The van der Waals surface area contributed by atoms with Crippen LogP contribution in [0.15, 0.2) is 28.5 Å². The summed E-state index contributed by atoms with van der Waals surface area (Å²) in [5.74, 6) is 1.12. The standard InChI is InChI=1S/C14H19N5S/c1-15-9-11-6-7-13(16-10-11)20-14-18-17-12-5-3-2-4-8-19(12)14/h6-7,10,15H,2-5,8-9H2,1H3. The van der Waals surface area contributed by atoms with Crippen molar-refractivity contribution >= 4 is 11.8 Å². The van der Waals surface area contributed by atoms with Crippen LogP contribution in [0.25, 0.3) is 0 Å². The molecular formula is C14H19N5S. The van der Waals surface area contributed by atoms with Crippen LogP contribution in [0.4, 0.5) is 0 Å². The Kier molecular flexibility index (Phi) is 4.32. The summed E-state index contributed by atoms with van der Waals surface area (Å²) in [5.41, 5.74) is 1.19. The Bertz CT molecular complexity index is 563. The maximum Gasteiger partial charge on any atom is 0.197 e. The third kappa shape index (κ3) is 3.02. The van der Waals surface area contributed by atoms with Gasteiger partial charge in [0.1, 0.15) is 10.9 Å². The lowest BCUT2D eigenvalue weighted by molar-refractivity contribution is 0.590. The Morgan fingerprint density at radius 2 is 2.20 bits per heavy atom. The summed E-state index contributed by atoms with van der Waals surface area (Å²) in [4.78, 5) is 4.49. The lowest BCUT2D eigenvalue weighted by Crippen LogP contribution is -2.05. The highest BCUT2D eigenvalue weighted by atomic mass is 32.2. The number of aromatic nitrogens is 4. The van der Waals surface area contributed by atoms with Gasteiger partial charge >= 0.3 is 0 Å². The van der Waals surface area contributed by atoms with E-state index >= 15 is 0 Å². The fourth-order valence-electron chi connectivity index (χ4n) is 2.41. The van der Waals surface area contributed by atoms with Crippen molar-refractivity contribution in [1.29, 1.82) is 0 Å². The van der Waals surface area contributed by atoms with Gasteiger partial charge in [-0.2, -0.15) is 0 Å². The van der Waals surface area contributed by atoms with Crippen molar-refractivity contribution in [2.24, 2.45) is 0 Å². The van der Waals surface area contributed by atoms with Gasteiger partial charge in [-0.1, -0.05) is 12.5 Å². The van der Waals surface area contributed by atoms with Crippen LogP contribution in [0, 0.1) is 0 Å². The number of pyridine rings is 1. The van der Waals surface area contributed by atoms with E-state index in [2.05, 4.69) is 37.2 Å². The molecule has 1 aliphatic rings. The summed E-state index contributed by atoms with van der Waals surface area (Å²) in [5, 5.41) is 13.7. The van der Waals surface area contributed by atoms with Gasteiger partial charge in [0.05, 0.1) is 0 Å². The number of rotatable bonds is 4. The van der Waals surface area contributed by atoms with Crippen LogP contribution in [0.5, 0.6) is 0 Å². The molecule has 1 N–H and O–H groups in total. The SMILES string of the molecule is CNCc1ccc(Sc2nnc3n2CCCCC3)nc1. The number of nitrogens with one attached hydrogen (secondary N) is 1.